The topological polar surface area (TPSA) is 34.0 Å². The molecule has 1 N–H and O–H groups in total. The third-order valence-corrected chi connectivity index (χ3v) is 5.22. The highest BCUT2D eigenvalue weighted by Gasteiger charge is 2.27. The maximum atomic E-state index is 12.2. The second-order valence-corrected chi connectivity index (χ2v) is 6.85. The molecule has 1 amide bonds. The van der Waals surface area contributed by atoms with Crippen LogP contribution in [-0.2, 0) is 6.54 Å². The second kappa shape index (κ2) is 5.31. The summed E-state index contributed by atoms with van der Waals surface area (Å²) in [6.07, 6.45) is 4.10. The number of hydrogen-bond acceptors (Lipinski definition) is 2. The van der Waals surface area contributed by atoms with Crippen LogP contribution in [0.2, 0.25) is 5.02 Å². The van der Waals surface area contributed by atoms with Crippen LogP contribution in [0.1, 0.15) is 34.2 Å². The van der Waals surface area contributed by atoms with Gasteiger partial charge in [0.15, 0.2) is 0 Å². The van der Waals surface area contributed by atoms with Gasteiger partial charge in [-0.15, -0.1) is 11.3 Å². The molecule has 0 atom stereocenters. The average molecular weight is 360 g/mol. The lowest BCUT2D eigenvalue weighted by molar-refractivity contribution is 0.0942. The molecule has 19 heavy (non-hydrogen) atoms. The van der Waals surface area contributed by atoms with E-state index in [1.165, 1.54) is 0 Å². The van der Waals surface area contributed by atoms with Crippen molar-refractivity contribution in [3.05, 3.63) is 43.8 Å². The van der Waals surface area contributed by atoms with Gasteiger partial charge in [0.1, 0.15) is 5.69 Å². The number of thiophene rings is 1. The molecule has 0 unspecified atom stereocenters. The smallest absolute Gasteiger partial charge is 0.268 e. The van der Waals surface area contributed by atoms with Crippen LogP contribution >= 0.6 is 38.9 Å². The molecule has 2 aromatic heterocycles. The summed E-state index contributed by atoms with van der Waals surface area (Å²) in [4.78, 5) is 13.3. The molecule has 2 aromatic rings. The van der Waals surface area contributed by atoms with E-state index in [0.29, 0.717) is 23.3 Å². The van der Waals surface area contributed by atoms with Crippen LogP contribution in [0.4, 0.5) is 0 Å². The SMILES string of the molecule is O=C(NCc1sccc1Br)c1cc(Cl)cn1C1CC1. The maximum absolute atomic E-state index is 12.2. The molecule has 3 nitrogen and oxygen atoms in total. The molecule has 6 heteroatoms. The Kier molecular flexibility index (Phi) is 3.69. The fourth-order valence-corrected chi connectivity index (χ4v) is 3.63. The van der Waals surface area contributed by atoms with E-state index in [-0.39, 0.29) is 5.91 Å². The molecule has 0 spiro atoms. The summed E-state index contributed by atoms with van der Waals surface area (Å²) in [5, 5.41) is 5.56. The first-order valence-electron chi connectivity index (χ1n) is 6.02. The number of carbonyl (C=O) groups excluding carboxylic acids is 1. The molecule has 1 aliphatic rings. The van der Waals surface area contributed by atoms with E-state index in [2.05, 4.69) is 21.2 Å². The first kappa shape index (κ1) is 13.2. The molecule has 0 radical (unpaired) electrons. The van der Waals surface area contributed by atoms with E-state index >= 15 is 0 Å². The van der Waals surface area contributed by atoms with E-state index in [0.717, 1.165) is 22.2 Å². The fourth-order valence-electron chi connectivity index (χ4n) is 1.98. The molecule has 0 saturated heterocycles. The van der Waals surface area contributed by atoms with Crippen LogP contribution in [0.25, 0.3) is 0 Å². The standard InChI is InChI=1S/C13H12BrClN2OS/c14-10-3-4-19-12(10)6-16-13(18)11-5-8(15)7-17(11)9-1-2-9/h3-5,7,9H,1-2,6H2,(H,16,18). The van der Waals surface area contributed by atoms with Crippen LogP contribution in [0.3, 0.4) is 0 Å². The molecule has 100 valence electrons. The highest BCUT2D eigenvalue weighted by molar-refractivity contribution is 9.10. The number of hydrogen-bond donors (Lipinski definition) is 1. The van der Waals surface area contributed by atoms with Gasteiger partial charge in [0, 0.05) is 21.6 Å². The number of rotatable bonds is 4. The fraction of sp³-hybridized carbons (Fsp3) is 0.308. The maximum Gasteiger partial charge on any atom is 0.268 e. The van der Waals surface area contributed by atoms with Gasteiger partial charge in [-0.25, -0.2) is 0 Å². The van der Waals surface area contributed by atoms with Crippen molar-refractivity contribution in [2.24, 2.45) is 0 Å². The number of halogens is 2. The number of amides is 1. The Balaban J connectivity index is 1.72. The van der Waals surface area contributed by atoms with Crippen molar-refractivity contribution in [1.82, 2.24) is 9.88 Å². The van der Waals surface area contributed by atoms with Crippen molar-refractivity contribution in [1.29, 1.82) is 0 Å². The predicted molar refractivity (Wildman–Crippen MR) is 80.9 cm³/mol. The van der Waals surface area contributed by atoms with Crippen LogP contribution in [0.15, 0.2) is 28.2 Å². The van der Waals surface area contributed by atoms with Crippen LogP contribution in [0, 0.1) is 0 Å². The summed E-state index contributed by atoms with van der Waals surface area (Å²) in [5.41, 5.74) is 0.653. The molecular weight excluding hydrogens is 348 g/mol. The Hall–Kier alpha value is -0.780. The van der Waals surface area contributed by atoms with Gasteiger partial charge in [-0.3, -0.25) is 4.79 Å². The Morgan fingerprint density at radius 3 is 3.00 bits per heavy atom. The van der Waals surface area contributed by atoms with Crippen molar-refractivity contribution in [3.8, 4) is 0 Å². The molecule has 0 aliphatic heterocycles. The molecule has 1 fully saturated rings. The zero-order valence-electron chi connectivity index (χ0n) is 10.0. The van der Waals surface area contributed by atoms with Crippen molar-refractivity contribution < 1.29 is 4.79 Å². The largest absolute Gasteiger partial charge is 0.346 e. The summed E-state index contributed by atoms with van der Waals surface area (Å²) in [7, 11) is 0. The zero-order valence-corrected chi connectivity index (χ0v) is 13.2. The van der Waals surface area contributed by atoms with Crippen LogP contribution in [0.5, 0.6) is 0 Å². The monoisotopic (exact) mass is 358 g/mol. The van der Waals surface area contributed by atoms with Gasteiger partial charge in [-0.2, -0.15) is 0 Å². The lowest BCUT2D eigenvalue weighted by Gasteiger charge is -2.08. The van der Waals surface area contributed by atoms with E-state index in [9.17, 15) is 4.79 Å². The van der Waals surface area contributed by atoms with Gasteiger partial charge >= 0.3 is 0 Å². The zero-order chi connectivity index (χ0) is 13.4. The van der Waals surface area contributed by atoms with E-state index in [4.69, 9.17) is 11.6 Å². The minimum atomic E-state index is -0.0703. The normalized spacial score (nSPS) is 14.6. The highest BCUT2D eigenvalue weighted by Crippen LogP contribution is 2.37. The summed E-state index contributed by atoms with van der Waals surface area (Å²) < 4.78 is 3.02. The molecule has 0 aromatic carbocycles. The van der Waals surface area contributed by atoms with Crippen molar-refractivity contribution in [3.63, 3.8) is 0 Å². The molecule has 2 heterocycles. The number of nitrogens with one attached hydrogen (secondary N) is 1. The van der Waals surface area contributed by atoms with Crippen LogP contribution < -0.4 is 5.32 Å². The van der Waals surface area contributed by atoms with E-state index in [1.54, 1.807) is 17.4 Å². The summed E-state index contributed by atoms with van der Waals surface area (Å²) in [6, 6.07) is 4.16. The average Bonchev–Trinajstić information content (AvgIpc) is 3.04. The third kappa shape index (κ3) is 2.88. The first-order valence-corrected chi connectivity index (χ1v) is 8.07. The number of nitrogens with zero attached hydrogens (tertiary/aromatic N) is 1. The third-order valence-electron chi connectivity index (χ3n) is 3.09. The van der Waals surface area contributed by atoms with E-state index < -0.39 is 0 Å². The number of carbonyl (C=O) groups is 1. The Morgan fingerprint density at radius 1 is 1.58 bits per heavy atom. The first-order chi connectivity index (χ1) is 9.15. The lowest BCUT2D eigenvalue weighted by atomic mass is 10.3. The van der Waals surface area contributed by atoms with Crippen LogP contribution in [-0.4, -0.2) is 10.5 Å². The van der Waals surface area contributed by atoms with Crippen molar-refractivity contribution in [2.45, 2.75) is 25.4 Å². The number of aromatic nitrogens is 1. The van der Waals surface area contributed by atoms with Gasteiger partial charge in [0.2, 0.25) is 0 Å². The summed E-state index contributed by atoms with van der Waals surface area (Å²) in [6.45, 7) is 0.532. The summed E-state index contributed by atoms with van der Waals surface area (Å²) >= 11 is 11.1. The van der Waals surface area contributed by atoms with Gasteiger partial charge < -0.3 is 9.88 Å². The molecule has 3 rings (SSSR count). The Labute approximate surface area is 128 Å². The minimum Gasteiger partial charge on any atom is -0.346 e. The highest BCUT2D eigenvalue weighted by atomic mass is 79.9. The van der Waals surface area contributed by atoms with Crippen molar-refractivity contribution in [2.75, 3.05) is 0 Å². The molecular formula is C13H12BrClN2OS. The Morgan fingerprint density at radius 2 is 2.37 bits per heavy atom. The van der Waals surface area contributed by atoms with Gasteiger partial charge in [-0.05, 0) is 46.3 Å². The molecule has 1 aliphatic carbocycles. The quantitative estimate of drug-likeness (QED) is 0.871. The lowest BCUT2D eigenvalue weighted by Crippen LogP contribution is -2.24. The van der Waals surface area contributed by atoms with Gasteiger partial charge in [0.25, 0.3) is 5.91 Å². The minimum absolute atomic E-state index is 0.0703. The molecule has 1 saturated carbocycles. The van der Waals surface area contributed by atoms with E-state index in [1.807, 2.05) is 22.2 Å². The van der Waals surface area contributed by atoms with Gasteiger partial charge in [0.05, 0.1) is 11.6 Å². The molecule has 0 bridgehead atoms. The second-order valence-electron chi connectivity index (χ2n) is 4.56. The summed E-state index contributed by atoms with van der Waals surface area (Å²) in [5.74, 6) is -0.0703. The van der Waals surface area contributed by atoms with Gasteiger partial charge in [-0.1, -0.05) is 11.6 Å². The Bertz CT molecular complexity index is 618. The predicted octanol–water partition coefficient (Wildman–Crippen LogP) is 4.23. The van der Waals surface area contributed by atoms with Crippen molar-refractivity contribution >= 4 is 44.8 Å².